The van der Waals surface area contributed by atoms with Gasteiger partial charge < -0.3 is 24.4 Å². The van der Waals surface area contributed by atoms with Crippen molar-refractivity contribution in [3.05, 3.63) is 80.1 Å². The number of fused-ring (bicyclic) bond motifs is 2. The molecular formula is C30H30BClN4O4. The van der Waals surface area contributed by atoms with Gasteiger partial charge in [0, 0.05) is 29.7 Å². The molecule has 1 atom stereocenters. The van der Waals surface area contributed by atoms with E-state index in [1.165, 1.54) is 6.42 Å². The predicted octanol–water partition coefficient (Wildman–Crippen LogP) is 5.34. The van der Waals surface area contributed by atoms with Crippen molar-refractivity contribution >= 4 is 52.9 Å². The summed E-state index contributed by atoms with van der Waals surface area (Å²) in [4.78, 5) is 20.3. The quantitative estimate of drug-likeness (QED) is 0.253. The molecule has 40 heavy (non-hydrogen) atoms. The number of piperidine rings is 1. The van der Waals surface area contributed by atoms with Crippen LogP contribution in [0.4, 0.5) is 11.6 Å². The van der Waals surface area contributed by atoms with E-state index < -0.39 is 7.12 Å². The Bertz CT molecular complexity index is 1700. The number of hydrogen-bond acceptors (Lipinski definition) is 8. The molecule has 2 aliphatic heterocycles. The third-order valence-electron chi connectivity index (χ3n) is 7.69. The van der Waals surface area contributed by atoms with E-state index in [9.17, 15) is 9.82 Å². The van der Waals surface area contributed by atoms with Gasteiger partial charge in [-0.1, -0.05) is 29.8 Å². The van der Waals surface area contributed by atoms with Crippen molar-refractivity contribution in [2.45, 2.75) is 46.1 Å². The number of nitrogens with zero attached hydrogens (tertiary/aromatic N) is 3. The van der Waals surface area contributed by atoms with E-state index in [1.807, 2.05) is 45.0 Å². The molecule has 2 aromatic heterocycles. The summed E-state index contributed by atoms with van der Waals surface area (Å²) < 4.78 is 11.5. The molecular weight excluding hydrogens is 527 g/mol. The van der Waals surface area contributed by atoms with Crippen LogP contribution >= 0.6 is 11.6 Å². The molecule has 1 fully saturated rings. The number of benzene rings is 2. The molecule has 10 heteroatoms. The van der Waals surface area contributed by atoms with Crippen LogP contribution in [0.25, 0.3) is 22.2 Å². The molecule has 204 valence electrons. The molecule has 0 amide bonds. The fourth-order valence-corrected chi connectivity index (χ4v) is 5.77. The third-order valence-corrected chi connectivity index (χ3v) is 7.90. The van der Waals surface area contributed by atoms with Gasteiger partial charge in [0.2, 0.25) is 5.88 Å². The van der Waals surface area contributed by atoms with Gasteiger partial charge in [-0.05, 0) is 75.4 Å². The van der Waals surface area contributed by atoms with Gasteiger partial charge in [-0.15, -0.1) is 5.16 Å². The molecule has 1 unspecified atom stereocenters. The third kappa shape index (κ3) is 4.84. The lowest BCUT2D eigenvalue weighted by atomic mass is 9.75. The first-order valence-corrected chi connectivity index (χ1v) is 14.0. The summed E-state index contributed by atoms with van der Waals surface area (Å²) in [5, 5.41) is 18.4. The highest BCUT2D eigenvalue weighted by Gasteiger charge is 2.26. The van der Waals surface area contributed by atoms with Crippen LogP contribution < -0.4 is 21.1 Å². The number of aryl methyl sites for hydroxylation is 1. The van der Waals surface area contributed by atoms with Crippen molar-refractivity contribution in [1.82, 2.24) is 4.98 Å². The van der Waals surface area contributed by atoms with Crippen LogP contribution in [-0.4, -0.2) is 36.4 Å². The smallest absolute Gasteiger partial charge is 0.440 e. The van der Waals surface area contributed by atoms with Crippen molar-refractivity contribution in [2.75, 3.05) is 23.3 Å². The Labute approximate surface area is 237 Å². The number of anilines is 2. The topological polar surface area (TPSA) is 100 Å². The average Bonchev–Trinajstić information content (AvgIpc) is 2.96. The molecule has 0 radical (unpaired) electrons. The SMILES string of the molecule is Cc1cc(C(C)Nc2ccc(Cl)nc2-c2ccc3c(c2)C=NOB3O)c2oc(N3CCCCC3)c(C)c(=O)c2c1. The maximum Gasteiger partial charge on any atom is 0.583 e. The van der Waals surface area contributed by atoms with Gasteiger partial charge in [0.1, 0.15) is 10.7 Å². The lowest BCUT2D eigenvalue weighted by molar-refractivity contribution is 0.286. The van der Waals surface area contributed by atoms with Crippen LogP contribution in [0.1, 0.15) is 54.5 Å². The van der Waals surface area contributed by atoms with Crippen LogP contribution in [0.3, 0.4) is 0 Å². The zero-order valence-corrected chi connectivity index (χ0v) is 23.5. The zero-order chi connectivity index (χ0) is 28.0. The van der Waals surface area contributed by atoms with Crippen molar-refractivity contribution in [3.8, 4) is 11.3 Å². The summed E-state index contributed by atoms with van der Waals surface area (Å²) >= 11 is 6.33. The fourth-order valence-electron chi connectivity index (χ4n) is 5.62. The summed E-state index contributed by atoms with van der Waals surface area (Å²) in [6, 6.07) is 12.9. The highest BCUT2D eigenvalue weighted by molar-refractivity contribution is 6.62. The monoisotopic (exact) mass is 556 g/mol. The van der Waals surface area contributed by atoms with Gasteiger partial charge in [-0.3, -0.25) is 4.79 Å². The number of pyridine rings is 1. The first kappa shape index (κ1) is 26.4. The Morgan fingerprint density at radius 3 is 2.70 bits per heavy atom. The summed E-state index contributed by atoms with van der Waals surface area (Å²) in [6.07, 6.45) is 4.94. The second-order valence-electron chi connectivity index (χ2n) is 10.6. The lowest BCUT2D eigenvalue weighted by Crippen LogP contribution is -2.37. The van der Waals surface area contributed by atoms with Crippen molar-refractivity contribution in [3.63, 3.8) is 0 Å². The Morgan fingerprint density at radius 2 is 1.90 bits per heavy atom. The normalized spacial score (nSPS) is 15.6. The molecule has 4 heterocycles. The van der Waals surface area contributed by atoms with E-state index in [1.54, 1.807) is 18.3 Å². The number of rotatable bonds is 5. The Kier molecular flexibility index (Phi) is 7.02. The second-order valence-corrected chi connectivity index (χ2v) is 11.0. The standard InChI is InChI=1S/C30H30BClN4O4/c1-17-13-22(29-23(14-17)28(37)18(2)30(39-29)36-11-5-4-6-12-36)19(3)34-25-9-10-26(32)35-27(25)20-7-8-24-21(15-20)16-33-40-31(24)38/h7-10,13-16,19,34,38H,4-6,11-12H2,1-3H3. The van der Waals surface area contributed by atoms with E-state index >= 15 is 0 Å². The summed E-state index contributed by atoms with van der Waals surface area (Å²) in [6.45, 7) is 7.67. The van der Waals surface area contributed by atoms with E-state index in [0.717, 1.165) is 53.9 Å². The van der Waals surface area contributed by atoms with Gasteiger partial charge >= 0.3 is 7.12 Å². The van der Waals surface area contributed by atoms with Crippen LogP contribution in [0, 0.1) is 13.8 Å². The Balaban J connectivity index is 1.42. The molecule has 6 rings (SSSR count). The average molecular weight is 557 g/mol. The summed E-state index contributed by atoms with van der Waals surface area (Å²) in [5.74, 6) is 0.672. The van der Waals surface area contributed by atoms with Gasteiger partial charge in [0.05, 0.1) is 34.6 Å². The van der Waals surface area contributed by atoms with Gasteiger partial charge in [-0.2, -0.15) is 0 Å². The predicted molar refractivity (Wildman–Crippen MR) is 161 cm³/mol. The number of halogens is 1. The lowest BCUT2D eigenvalue weighted by Gasteiger charge is -2.29. The van der Waals surface area contributed by atoms with Crippen LogP contribution in [-0.2, 0) is 4.76 Å². The van der Waals surface area contributed by atoms with Crippen molar-refractivity contribution in [2.24, 2.45) is 5.16 Å². The molecule has 2 aromatic carbocycles. The molecule has 4 aromatic rings. The first-order chi connectivity index (χ1) is 19.3. The minimum absolute atomic E-state index is 0.00899. The Hall–Kier alpha value is -3.82. The molecule has 8 nitrogen and oxygen atoms in total. The highest BCUT2D eigenvalue weighted by Crippen LogP contribution is 2.35. The molecule has 2 N–H and O–H groups in total. The van der Waals surface area contributed by atoms with E-state index in [0.29, 0.717) is 38.7 Å². The Morgan fingerprint density at radius 1 is 1.10 bits per heavy atom. The number of oxime groups is 1. The highest BCUT2D eigenvalue weighted by atomic mass is 35.5. The van der Waals surface area contributed by atoms with Crippen LogP contribution in [0.15, 0.2) is 56.8 Å². The maximum atomic E-state index is 13.5. The largest absolute Gasteiger partial charge is 0.583 e. The van der Waals surface area contributed by atoms with Gasteiger partial charge in [0.15, 0.2) is 5.43 Å². The van der Waals surface area contributed by atoms with E-state index in [4.69, 9.17) is 20.8 Å². The molecule has 0 bridgehead atoms. The molecule has 2 aliphatic rings. The van der Waals surface area contributed by atoms with Gasteiger partial charge in [-0.25, -0.2) is 4.98 Å². The number of hydrogen-bond donors (Lipinski definition) is 2. The minimum Gasteiger partial charge on any atom is -0.440 e. The molecule has 0 saturated carbocycles. The van der Waals surface area contributed by atoms with Crippen LogP contribution in [0.2, 0.25) is 5.15 Å². The molecule has 0 aliphatic carbocycles. The molecule has 1 saturated heterocycles. The summed E-state index contributed by atoms with van der Waals surface area (Å²) in [5.41, 5.74) is 6.73. The van der Waals surface area contributed by atoms with E-state index in [2.05, 4.69) is 26.4 Å². The summed E-state index contributed by atoms with van der Waals surface area (Å²) in [7, 11) is -1.11. The van der Waals surface area contributed by atoms with Crippen LogP contribution in [0.5, 0.6) is 0 Å². The zero-order valence-electron chi connectivity index (χ0n) is 22.7. The number of nitrogens with one attached hydrogen (secondary N) is 1. The van der Waals surface area contributed by atoms with Gasteiger partial charge in [0.25, 0.3) is 0 Å². The van der Waals surface area contributed by atoms with Crippen molar-refractivity contribution in [1.29, 1.82) is 0 Å². The van der Waals surface area contributed by atoms with Crippen molar-refractivity contribution < 1.29 is 14.2 Å². The second kappa shape index (κ2) is 10.6. The maximum absolute atomic E-state index is 13.5. The minimum atomic E-state index is -1.11. The first-order valence-electron chi connectivity index (χ1n) is 13.6. The number of aromatic nitrogens is 1. The van der Waals surface area contributed by atoms with E-state index in [-0.39, 0.29) is 11.5 Å². The molecule has 0 spiro atoms. The fraction of sp³-hybridized carbons (Fsp3) is 0.300.